The Hall–Kier alpha value is -3.06. The van der Waals surface area contributed by atoms with Crippen LogP contribution in [-0.2, 0) is 9.84 Å². The fourth-order valence-corrected chi connectivity index (χ4v) is 3.13. The summed E-state index contributed by atoms with van der Waals surface area (Å²) in [4.78, 5) is 15.6. The Kier molecular flexibility index (Phi) is 5.05. The van der Waals surface area contributed by atoms with E-state index in [-0.39, 0.29) is 10.7 Å². The van der Waals surface area contributed by atoms with Gasteiger partial charge in [-0.05, 0) is 66.6 Å². The van der Waals surface area contributed by atoms with Gasteiger partial charge in [0.15, 0.2) is 15.6 Å². The van der Waals surface area contributed by atoms with Crippen LogP contribution in [0, 0.1) is 5.95 Å². The standard InChI is InChI=1S/C20H16FNO4S/c1-13(23)15-9-16(14-7-8-22-20(21)12-14)11-18(10-15)26-17-3-5-19(6-4-17)27(2,24)25/h3-12H,1-2H3. The van der Waals surface area contributed by atoms with E-state index < -0.39 is 15.8 Å². The summed E-state index contributed by atoms with van der Waals surface area (Å²) >= 11 is 0. The van der Waals surface area contributed by atoms with E-state index in [1.807, 2.05) is 0 Å². The number of pyridine rings is 1. The quantitative estimate of drug-likeness (QED) is 0.484. The lowest BCUT2D eigenvalue weighted by Gasteiger charge is -2.11. The van der Waals surface area contributed by atoms with Crippen LogP contribution >= 0.6 is 0 Å². The molecule has 5 nitrogen and oxygen atoms in total. The van der Waals surface area contributed by atoms with Gasteiger partial charge in [-0.25, -0.2) is 13.4 Å². The molecule has 0 saturated carbocycles. The zero-order valence-electron chi connectivity index (χ0n) is 14.6. The molecular formula is C20H16FNO4S. The second-order valence-corrected chi connectivity index (χ2v) is 8.03. The summed E-state index contributed by atoms with van der Waals surface area (Å²) in [5.41, 5.74) is 1.57. The van der Waals surface area contributed by atoms with Crippen LogP contribution in [0.1, 0.15) is 17.3 Å². The number of sulfone groups is 1. The van der Waals surface area contributed by atoms with Gasteiger partial charge >= 0.3 is 0 Å². The first-order valence-electron chi connectivity index (χ1n) is 7.98. The molecule has 7 heteroatoms. The zero-order chi connectivity index (χ0) is 19.6. The van der Waals surface area contributed by atoms with Crippen molar-refractivity contribution in [1.29, 1.82) is 0 Å². The van der Waals surface area contributed by atoms with Crippen LogP contribution in [-0.4, -0.2) is 25.4 Å². The molecule has 0 unspecified atom stereocenters. The molecule has 0 atom stereocenters. The third kappa shape index (κ3) is 4.57. The highest BCUT2D eigenvalue weighted by molar-refractivity contribution is 7.90. The molecule has 138 valence electrons. The molecule has 0 radical (unpaired) electrons. The lowest BCUT2D eigenvalue weighted by atomic mass is 10.0. The number of ketones is 1. The van der Waals surface area contributed by atoms with Crippen molar-refractivity contribution in [3.63, 3.8) is 0 Å². The third-order valence-corrected chi connectivity index (χ3v) is 4.99. The van der Waals surface area contributed by atoms with Crippen LogP contribution in [0.5, 0.6) is 11.5 Å². The normalized spacial score (nSPS) is 11.2. The van der Waals surface area contributed by atoms with Gasteiger partial charge in [0, 0.05) is 24.1 Å². The Morgan fingerprint density at radius 2 is 1.67 bits per heavy atom. The number of benzene rings is 2. The Balaban J connectivity index is 1.98. The molecule has 0 spiro atoms. The van der Waals surface area contributed by atoms with Crippen molar-refractivity contribution in [2.75, 3.05) is 6.26 Å². The summed E-state index contributed by atoms with van der Waals surface area (Å²) in [7, 11) is -3.30. The lowest BCUT2D eigenvalue weighted by molar-refractivity contribution is 0.101. The van der Waals surface area contributed by atoms with Gasteiger partial charge in [0.1, 0.15) is 11.5 Å². The number of aromatic nitrogens is 1. The maximum absolute atomic E-state index is 13.4. The van der Waals surface area contributed by atoms with Crippen LogP contribution in [0.3, 0.4) is 0 Å². The van der Waals surface area contributed by atoms with Crippen molar-refractivity contribution in [3.05, 3.63) is 72.3 Å². The van der Waals surface area contributed by atoms with Gasteiger partial charge < -0.3 is 4.74 Å². The van der Waals surface area contributed by atoms with E-state index in [2.05, 4.69) is 4.98 Å². The molecule has 0 aliphatic heterocycles. The molecule has 0 N–H and O–H groups in total. The molecule has 2 aromatic carbocycles. The summed E-state index contributed by atoms with van der Waals surface area (Å²) in [6, 6.07) is 13.7. The van der Waals surface area contributed by atoms with Gasteiger partial charge in [0.05, 0.1) is 4.90 Å². The zero-order valence-corrected chi connectivity index (χ0v) is 15.5. The van der Waals surface area contributed by atoms with E-state index in [1.54, 1.807) is 24.3 Å². The summed E-state index contributed by atoms with van der Waals surface area (Å²) in [5, 5.41) is 0. The minimum Gasteiger partial charge on any atom is -0.457 e. The maximum atomic E-state index is 13.4. The van der Waals surface area contributed by atoms with Crippen LogP contribution in [0.25, 0.3) is 11.1 Å². The van der Waals surface area contributed by atoms with E-state index >= 15 is 0 Å². The Morgan fingerprint density at radius 3 is 2.26 bits per heavy atom. The molecule has 0 aliphatic carbocycles. The largest absolute Gasteiger partial charge is 0.457 e. The number of Topliss-reactive ketones (excluding diaryl/α,β-unsaturated/α-hetero) is 1. The Morgan fingerprint density at radius 1 is 0.963 bits per heavy atom. The molecular weight excluding hydrogens is 369 g/mol. The van der Waals surface area contributed by atoms with Crippen LogP contribution < -0.4 is 4.74 Å². The number of carbonyl (C=O) groups is 1. The van der Waals surface area contributed by atoms with Crippen molar-refractivity contribution < 1.29 is 22.3 Å². The second-order valence-electron chi connectivity index (χ2n) is 6.02. The minimum atomic E-state index is -3.30. The molecule has 1 heterocycles. The summed E-state index contributed by atoms with van der Waals surface area (Å²) in [5.74, 6) is 0.000185. The maximum Gasteiger partial charge on any atom is 0.213 e. The van der Waals surface area contributed by atoms with Crippen LogP contribution in [0.2, 0.25) is 0 Å². The topological polar surface area (TPSA) is 73.3 Å². The Bertz CT molecular complexity index is 1110. The monoisotopic (exact) mass is 385 g/mol. The number of nitrogens with zero attached hydrogens (tertiary/aromatic N) is 1. The number of halogens is 1. The van der Waals surface area contributed by atoms with Gasteiger partial charge in [-0.3, -0.25) is 4.79 Å². The molecule has 0 aliphatic rings. The Labute approximate surface area is 156 Å². The first-order valence-corrected chi connectivity index (χ1v) is 9.87. The SMILES string of the molecule is CC(=O)c1cc(Oc2ccc(S(C)(=O)=O)cc2)cc(-c2ccnc(F)c2)c1. The van der Waals surface area contributed by atoms with E-state index in [1.165, 1.54) is 43.5 Å². The van der Waals surface area contributed by atoms with Crippen molar-refractivity contribution in [2.24, 2.45) is 0 Å². The van der Waals surface area contributed by atoms with E-state index in [0.717, 1.165) is 6.26 Å². The average Bonchev–Trinajstić information content (AvgIpc) is 2.61. The number of rotatable bonds is 5. The van der Waals surface area contributed by atoms with Crippen molar-refractivity contribution >= 4 is 15.6 Å². The fourth-order valence-electron chi connectivity index (χ4n) is 2.50. The highest BCUT2D eigenvalue weighted by Gasteiger charge is 2.11. The molecule has 0 amide bonds. The highest BCUT2D eigenvalue weighted by atomic mass is 32.2. The molecule has 0 saturated heterocycles. The molecule has 0 fully saturated rings. The molecule has 1 aromatic heterocycles. The van der Waals surface area contributed by atoms with Gasteiger partial charge in [-0.1, -0.05) is 0 Å². The third-order valence-electron chi connectivity index (χ3n) is 3.86. The average molecular weight is 385 g/mol. The molecule has 0 bridgehead atoms. The van der Waals surface area contributed by atoms with Crippen molar-refractivity contribution in [3.8, 4) is 22.6 Å². The van der Waals surface area contributed by atoms with Gasteiger partial charge in [0.25, 0.3) is 0 Å². The first kappa shape index (κ1) is 18.7. The molecule has 3 rings (SSSR count). The number of ether oxygens (including phenoxy) is 1. The van der Waals surface area contributed by atoms with Crippen molar-refractivity contribution in [1.82, 2.24) is 4.98 Å². The molecule has 27 heavy (non-hydrogen) atoms. The minimum absolute atomic E-state index is 0.163. The fraction of sp³-hybridized carbons (Fsp3) is 0.100. The van der Waals surface area contributed by atoms with Gasteiger partial charge in [0.2, 0.25) is 5.95 Å². The van der Waals surface area contributed by atoms with E-state index in [0.29, 0.717) is 28.2 Å². The summed E-state index contributed by atoms with van der Waals surface area (Å²) in [6.45, 7) is 1.43. The number of hydrogen-bond acceptors (Lipinski definition) is 5. The summed E-state index contributed by atoms with van der Waals surface area (Å²) < 4.78 is 42.3. The van der Waals surface area contributed by atoms with Crippen LogP contribution in [0.4, 0.5) is 4.39 Å². The van der Waals surface area contributed by atoms with E-state index in [4.69, 9.17) is 4.74 Å². The van der Waals surface area contributed by atoms with Crippen LogP contribution in [0.15, 0.2) is 65.7 Å². The summed E-state index contributed by atoms with van der Waals surface area (Å²) in [6.07, 6.45) is 2.47. The smallest absolute Gasteiger partial charge is 0.213 e. The lowest BCUT2D eigenvalue weighted by Crippen LogP contribution is -1.97. The van der Waals surface area contributed by atoms with E-state index in [9.17, 15) is 17.6 Å². The predicted octanol–water partition coefficient (Wildman–Crippen LogP) is 4.29. The highest BCUT2D eigenvalue weighted by Crippen LogP contribution is 2.30. The second kappa shape index (κ2) is 7.28. The predicted molar refractivity (Wildman–Crippen MR) is 99.3 cm³/mol. The van der Waals surface area contributed by atoms with Gasteiger partial charge in [-0.15, -0.1) is 0 Å². The first-order chi connectivity index (χ1) is 12.7. The van der Waals surface area contributed by atoms with Gasteiger partial charge in [-0.2, -0.15) is 4.39 Å². The molecule has 3 aromatic rings. The number of carbonyl (C=O) groups excluding carboxylic acids is 1. The number of hydrogen-bond donors (Lipinski definition) is 0. The van der Waals surface area contributed by atoms with Crippen molar-refractivity contribution in [2.45, 2.75) is 11.8 Å².